The number of ether oxygens (including phenoxy) is 2. The first-order valence-electron chi connectivity index (χ1n) is 14.1. The number of nitrogens with zero attached hydrogens (tertiary/aromatic N) is 3. The quantitative estimate of drug-likeness (QED) is 0.194. The maximum atomic E-state index is 12.5. The average molecular weight is 552 g/mol. The monoisotopic (exact) mass is 551 g/mol. The Morgan fingerprint density at radius 2 is 1.73 bits per heavy atom. The third-order valence-corrected chi connectivity index (χ3v) is 7.45. The summed E-state index contributed by atoms with van der Waals surface area (Å²) in [5.41, 5.74) is 8.97. The van der Waals surface area contributed by atoms with E-state index in [-0.39, 0.29) is 5.91 Å². The highest BCUT2D eigenvalue weighted by atomic mass is 16.5. The molecule has 0 atom stereocenters. The molecular formula is C33H37N5O3. The Morgan fingerprint density at radius 3 is 2.59 bits per heavy atom. The van der Waals surface area contributed by atoms with Crippen LogP contribution in [0.15, 0.2) is 48.5 Å². The standard InChI is InChI=1S/C33H37N5O3/c1-21-22(2)37-29(23(3)36-21)20-41-30-15-13-24(19-31(30)40-4)14-16-32(39)34-17-18-35-33-25-9-5-7-11-27(25)38-28-12-8-6-10-26(28)33/h5,7,9,11,13-16,19H,6,8,10,12,17-18,20H2,1-4H3,(H,34,39)(H,35,38)/b16-14+. The number of pyridine rings is 1. The topological polar surface area (TPSA) is 98.3 Å². The number of rotatable bonds is 10. The molecule has 0 fully saturated rings. The number of methoxy groups -OCH3 is 1. The van der Waals surface area contributed by atoms with Crippen molar-refractivity contribution in [2.24, 2.45) is 0 Å². The summed E-state index contributed by atoms with van der Waals surface area (Å²) in [7, 11) is 1.60. The maximum absolute atomic E-state index is 12.5. The molecular weight excluding hydrogens is 514 g/mol. The Bertz CT molecular complexity index is 1600. The highest BCUT2D eigenvalue weighted by Gasteiger charge is 2.18. The van der Waals surface area contributed by atoms with Crippen molar-refractivity contribution in [3.8, 4) is 11.5 Å². The average Bonchev–Trinajstić information content (AvgIpc) is 2.99. The van der Waals surface area contributed by atoms with E-state index in [2.05, 4.69) is 32.7 Å². The number of amides is 1. The van der Waals surface area contributed by atoms with Gasteiger partial charge in [-0.15, -0.1) is 0 Å². The number of para-hydroxylation sites is 1. The predicted molar refractivity (Wildman–Crippen MR) is 162 cm³/mol. The SMILES string of the molecule is COc1cc(/C=C/C(=O)NCCNc2c3c(nc4ccccc24)CCCC3)ccc1OCc1nc(C)c(C)nc1C. The predicted octanol–water partition coefficient (Wildman–Crippen LogP) is 5.66. The van der Waals surface area contributed by atoms with Crippen LogP contribution in [0.25, 0.3) is 17.0 Å². The minimum absolute atomic E-state index is 0.156. The fraction of sp³-hybridized carbons (Fsp3) is 0.333. The van der Waals surface area contributed by atoms with Gasteiger partial charge in [-0.2, -0.15) is 0 Å². The largest absolute Gasteiger partial charge is 0.493 e. The van der Waals surface area contributed by atoms with Crippen molar-refractivity contribution in [3.63, 3.8) is 0 Å². The summed E-state index contributed by atoms with van der Waals surface area (Å²) in [6.07, 6.45) is 7.73. The number of aromatic nitrogens is 3. The first-order chi connectivity index (χ1) is 19.9. The zero-order valence-electron chi connectivity index (χ0n) is 24.2. The highest BCUT2D eigenvalue weighted by molar-refractivity contribution is 5.94. The molecule has 2 N–H and O–H groups in total. The van der Waals surface area contributed by atoms with Crippen LogP contribution in [0.3, 0.4) is 0 Å². The fourth-order valence-electron chi connectivity index (χ4n) is 5.13. The minimum Gasteiger partial charge on any atom is -0.493 e. The molecule has 2 aromatic heterocycles. The van der Waals surface area contributed by atoms with Crippen molar-refractivity contribution in [1.82, 2.24) is 20.3 Å². The Labute approximate surface area is 241 Å². The molecule has 1 aliphatic carbocycles. The van der Waals surface area contributed by atoms with Crippen molar-refractivity contribution >= 4 is 28.6 Å². The van der Waals surface area contributed by atoms with Gasteiger partial charge in [0.15, 0.2) is 11.5 Å². The maximum Gasteiger partial charge on any atom is 0.244 e. The Morgan fingerprint density at radius 1 is 0.927 bits per heavy atom. The summed E-state index contributed by atoms with van der Waals surface area (Å²) in [6.45, 7) is 7.24. The van der Waals surface area contributed by atoms with Crippen LogP contribution in [-0.2, 0) is 24.2 Å². The smallest absolute Gasteiger partial charge is 0.244 e. The van der Waals surface area contributed by atoms with Gasteiger partial charge in [0.2, 0.25) is 5.91 Å². The zero-order chi connectivity index (χ0) is 28.8. The van der Waals surface area contributed by atoms with E-state index < -0.39 is 0 Å². The lowest BCUT2D eigenvalue weighted by molar-refractivity contribution is -0.116. The number of carbonyl (C=O) groups excluding carboxylic acids is 1. The highest BCUT2D eigenvalue weighted by Crippen LogP contribution is 2.33. The van der Waals surface area contributed by atoms with Crippen LogP contribution in [0, 0.1) is 20.8 Å². The van der Waals surface area contributed by atoms with Gasteiger partial charge in [0.25, 0.3) is 0 Å². The molecule has 0 saturated carbocycles. The zero-order valence-corrected chi connectivity index (χ0v) is 24.2. The molecule has 4 aromatic rings. The molecule has 8 nitrogen and oxygen atoms in total. The van der Waals surface area contributed by atoms with Crippen LogP contribution in [0.4, 0.5) is 5.69 Å². The van der Waals surface area contributed by atoms with Crippen LogP contribution in [0.1, 0.15) is 52.4 Å². The summed E-state index contributed by atoms with van der Waals surface area (Å²) < 4.78 is 11.5. The summed E-state index contributed by atoms with van der Waals surface area (Å²) >= 11 is 0. The molecule has 8 heteroatoms. The molecule has 2 heterocycles. The van der Waals surface area contributed by atoms with Crippen molar-refractivity contribution in [3.05, 3.63) is 88.1 Å². The Hall–Kier alpha value is -4.46. The first-order valence-corrected chi connectivity index (χ1v) is 14.1. The van der Waals surface area contributed by atoms with E-state index in [1.165, 1.54) is 30.2 Å². The van der Waals surface area contributed by atoms with Crippen molar-refractivity contribution < 1.29 is 14.3 Å². The van der Waals surface area contributed by atoms with Crippen LogP contribution >= 0.6 is 0 Å². The number of benzene rings is 2. The second-order valence-electron chi connectivity index (χ2n) is 10.3. The third-order valence-electron chi connectivity index (χ3n) is 7.45. The van der Waals surface area contributed by atoms with E-state index in [0.29, 0.717) is 31.2 Å². The summed E-state index contributed by atoms with van der Waals surface area (Å²) in [5, 5.41) is 7.69. The molecule has 5 rings (SSSR count). The lowest BCUT2D eigenvalue weighted by Gasteiger charge is -2.21. The Balaban J connectivity index is 1.16. The van der Waals surface area contributed by atoms with E-state index in [9.17, 15) is 4.79 Å². The number of aryl methyl sites for hydroxylation is 4. The van der Waals surface area contributed by atoms with Gasteiger partial charge < -0.3 is 20.1 Å². The molecule has 0 aliphatic heterocycles. The molecule has 0 unspecified atom stereocenters. The van der Waals surface area contributed by atoms with Gasteiger partial charge in [-0.25, -0.2) is 0 Å². The molecule has 0 saturated heterocycles. The Kier molecular flexibility index (Phi) is 8.77. The van der Waals surface area contributed by atoms with E-state index in [1.807, 2.05) is 51.1 Å². The second-order valence-corrected chi connectivity index (χ2v) is 10.3. The van der Waals surface area contributed by atoms with Crippen molar-refractivity contribution in [1.29, 1.82) is 0 Å². The third kappa shape index (κ3) is 6.65. The van der Waals surface area contributed by atoms with E-state index in [1.54, 1.807) is 13.2 Å². The summed E-state index contributed by atoms with van der Waals surface area (Å²) in [5.74, 6) is 1.03. The number of carbonyl (C=O) groups is 1. The minimum atomic E-state index is -0.156. The van der Waals surface area contributed by atoms with E-state index >= 15 is 0 Å². The van der Waals surface area contributed by atoms with Crippen molar-refractivity contribution in [2.45, 2.75) is 53.1 Å². The van der Waals surface area contributed by atoms with Crippen LogP contribution in [0.5, 0.6) is 11.5 Å². The lowest BCUT2D eigenvalue weighted by Crippen LogP contribution is -2.27. The molecule has 212 valence electrons. The van der Waals surface area contributed by atoms with Crippen LogP contribution in [-0.4, -0.2) is 41.1 Å². The molecule has 0 radical (unpaired) electrons. The van der Waals surface area contributed by atoms with Gasteiger partial charge in [-0.3, -0.25) is 19.7 Å². The summed E-state index contributed by atoms with van der Waals surface area (Å²) in [4.78, 5) is 26.6. The number of anilines is 1. The normalized spacial score (nSPS) is 12.8. The molecule has 41 heavy (non-hydrogen) atoms. The van der Waals surface area contributed by atoms with Gasteiger partial charge >= 0.3 is 0 Å². The number of hydrogen-bond acceptors (Lipinski definition) is 7. The number of fused-ring (bicyclic) bond motifs is 2. The molecule has 0 bridgehead atoms. The summed E-state index contributed by atoms with van der Waals surface area (Å²) in [6, 6.07) is 13.8. The van der Waals surface area contributed by atoms with Gasteiger partial charge in [-0.05, 0) is 81.9 Å². The molecule has 0 spiro atoms. The van der Waals surface area contributed by atoms with Gasteiger partial charge in [-0.1, -0.05) is 24.3 Å². The number of nitrogens with one attached hydrogen (secondary N) is 2. The molecule has 2 aromatic carbocycles. The molecule has 1 aliphatic rings. The second kappa shape index (κ2) is 12.8. The first kappa shape index (κ1) is 28.1. The van der Waals surface area contributed by atoms with Crippen LogP contribution < -0.4 is 20.1 Å². The number of hydrogen-bond donors (Lipinski definition) is 2. The van der Waals surface area contributed by atoms with Gasteiger partial charge in [0.1, 0.15) is 6.61 Å². The molecule has 1 amide bonds. The van der Waals surface area contributed by atoms with Crippen LogP contribution in [0.2, 0.25) is 0 Å². The van der Waals surface area contributed by atoms with E-state index in [0.717, 1.165) is 57.8 Å². The van der Waals surface area contributed by atoms with Gasteiger partial charge in [0, 0.05) is 35.9 Å². The fourth-order valence-corrected chi connectivity index (χ4v) is 5.13. The van der Waals surface area contributed by atoms with E-state index in [4.69, 9.17) is 14.5 Å². The lowest BCUT2D eigenvalue weighted by atomic mass is 9.92. The van der Waals surface area contributed by atoms with Gasteiger partial charge in [0.05, 0.1) is 35.4 Å². The van der Waals surface area contributed by atoms with Crippen molar-refractivity contribution in [2.75, 3.05) is 25.5 Å².